The Hall–Kier alpha value is -0.773. The normalized spacial score (nSPS) is 36.6. The number of rotatable bonds is 6. The van der Waals surface area contributed by atoms with Gasteiger partial charge in [0.15, 0.2) is 8.32 Å². The van der Waals surface area contributed by atoms with E-state index in [1.54, 1.807) is 5.57 Å². The third kappa shape index (κ3) is 5.00. The number of thioether (sulfide) groups is 1. The van der Waals surface area contributed by atoms with Crippen LogP contribution in [0.5, 0.6) is 0 Å². The summed E-state index contributed by atoms with van der Waals surface area (Å²) in [6.45, 7) is 19.8. The molecule has 0 heterocycles. The van der Waals surface area contributed by atoms with Crippen molar-refractivity contribution < 1.29 is 4.43 Å². The van der Waals surface area contributed by atoms with Gasteiger partial charge in [-0.05, 0) is 104 Å². The summed E-state index contributed by atoms with van der Waals surface area (Å²) in [6.07, 6.45) is 14.9. The Morgan fingerprint density at radius 3 is 2.49 bits per heavy atom. The van der Waals surface area contributed by atoms with Gasteiger partial charge in [0, 0.05) is 22.2 Å². The zero-order valence-electron chi connectivity index (χ0n) is 24.9. The molecule has 4 aliphatic rings. The van der Waals surface area contributed by atoms with Crippen molar-refractivity contribution >= 4 is 20.1 Å². The van der Waals surface area contributed by atoms with E-state index >= 15 is 0 Å². The minimum Gasteiger partial charge on any atom is -0.414 e. The molecule has 5 rings (SSSR count). The molecule has 4 aliphatic carbocycles. The molecule has 1 aromatic rings. The predicted octanol–water partition coefficient (Wildman–Crippen LogP) is 10.3. The van der Waals surface area contributed by atoms with E-state index in [2.05, 4.69) is 109 Å². The molecule has 0 aliphatic heterocycles. The molecule has 1 nitrogen and oxygen atoms in total. The Balaban J connectivity index is 1.29. The molecule has 7 atom stereocenters. The molecule has 1 unspecified atom stereocenters. The van der Waals surface area contributed by atoms with Crippen LogP contribution in [0.4, 0.5) is 0 Å². The number of fused-ring (bicyclic) bond motifs is 5. The molecule has 204 valence electrons. The maximum Gasteiger partial charge on any atom is 0.192 e. The van der Waals surface area contributed by atoms with Crippen molar-refractivity contribution in [2.24, 2.45) is 34.5 Å². The summed E-state index contributed by atoms with van der Waals surface area (Å²) in [6, 6.07) is 11.0. The Bertz CT molecular complexity index is 1040. The van der Waals surface area contributed by atoms with Crippen molar-refractivity contribution in [2.45, 2.75) is 116 Å². The molecule has 0 bridgehead atoms. The van der Waals surface area contributed by atoms with Crippen LogP contribution in [0, 0.1) is 34.5 Å². The van der Waals surface area contributed by atoms with Gasteiger partial charge in [0.05, 0.1) is 0 Å². The van der Waals surface area contributed by atoms with E-state index in [0.717, 1.165) is 30.1 Å². The zero-order chi connectivity index (χ0) is 26.6. The van der Waals surface area contributed by atoms with Crippen molar-refractivity contribution in [3.63, 3.8) is 0 Å². The van der Waals surface area contributed by atoms with Crippen molar-refractivity contribution in [3.05, 3.63) is 53.6 Å². The van der Waals surface area contributed by atoms with Crippen molar-refractivity contribution in [1.29, 1.82) is 0 Å². The van der Waals surface area contributed by atoms with Crippen molar-refractivity contribution in [3.8, 4) is 0 Å². The van der Waals surface area contributed by atoms with Crippen LogP contribution < -0.4 is 0 Å². The highest BCUT2D eigenvalue weighted by Crippen LogP contribution is 2.65. The average molecular weight is 537 g/mol. The van der Waals surface area contributed by atoms with Crippen LogP contribution in [-0.4, -0.2) is 20.2 Å². The molecule has 3 heteroatoms. The van der Waals surface area contributed by atoms with E-state index in [0.29, 0.717) is 11.5 Å². The predicted molar refractivity (Wildman–Crippen MR) is 164 cm³/mol. The first kappa shape index (κ1) is 27.8. The number of hydrogen-bond acceptors (Lipinski definition) is 2. The Morgan fingerprint density at radius 1 is 1.05 bits per heavy atom. The molecular formula is C34H52OSSi. The number of benzene rings is 1. The highest BCUT2D eigenvalue weighted by atomic mass is 32.2. The Labute approximate surface area is 233 Å². The Kier molecular flexibility index (Phi) is 7.51. The second-order valence-electron chi connectivity index (χ2n) is 14.9. The van der Waals surface area contributed by atoms with Gasteiger partial charge < -0.3 is 4.43 Å². The van der Waals surface area contributed by atoms with E-state index in [1.165, 1.54) is 49.2 Å². The van der Waals surface area contributed by atoms with E-state index in [9.17, 15) is 0 Å². The number of hydrogen-bond donors (Lipinski definition) is 0. The van der Waals surface area contributed by atoms with Crippen LogP contribution in [0.1, 0.15) is 86.5 Å². The summed E-state index contributed by atoms with van der Waals surface area (Å²) in [5, 5.41) is 0.284. The topological polar surface area (TPSA) is 9.23 Å². The van der Waals surface area contributed by atoms with Crippen molar-refractivity contribution in [1.82, 2.24) is 0 Å². The molecule has 0 amide bonds. The lowest BCUT2D eigenvalue weighted by atomic mass is 9.51. The molecular weight excluding hydrogens is 485 g/mol. The molecule has 37 heavy (non-hydrogen) atoms. The summed E-state index contributed by atoms with van der Waals surface area (Å²) in [5.41, 5.74) is 4.28. The van der Waals surface area contributed by atoms with Gasteiger partial charge in [-0.15, -0.1) is 11.8 Å². The first-order valence-corrected chi connectivity index (χ1v) is 19.0. The largest absolute Gasteiger partial charge is 0.414 e. The molecule has 0 spiro atoms. The van der Waals surface area contributed by atoms with Gasteiger partial charge >= 0.3 is 0 Å². The standard InChI is InChI=1S/C34H52OSSi/c1-24(23-36-27-12-10-9-11-13-27)29-16-17-30-28-15-14-25-22-26(35-37(7,8)32(2,3)4)18-20-33(25,5)31(28)19-21-34(29,30)6/h9-14,19,24,26,28-30H,15-18,20-23H2,1-8H3/t24?,26-,28-,29+,30-,33-,34+/m0/s1. The molecule has 0 aromatic heterocycles. The van der Waals surface area contributed by atoms with Crippen LogP contribution >= 0.6 is 11.8 Å². The Morgan fingerprint density at radius 2 is 1.78 bits per heavy atom. The van der Waals surface area contributed by atoms with Gasteiger partial charge in [0.2, 0.25) is 0 Å². The molecule has 1 aromatic carbocycles. The van der Waals surface area contributed by atoms with E-state index in [-0.39, 0.29) is 10.5 Å². The van der Waals surface area contributed by atoms with Crippen LogP contribution in [0.2, 0.25) is 18.1 Å². The summed E-state index contributed by atoms with van der Waals surface area (Å²) in [4.78, 5) is 1.42. The first-order valence-electron chi connectivity index (χ1n) is 15.1. The quantitative estimate of drug-likeness (QED) is 0.203. The fraction of sp³-hybridized carbons (Fsp3) is 0.706. The van der Waals surface area contributed by atoms with Gasteiger partial charge in [-0.1, -0.05) is 83.0 Å². The minimum absolute atomic E-state index is 0.282. The van der Waals surface area contributed by atoms with Gasteiger partial charge in [-0.3, -0.25) is 0 Å². The van der Waals surface area contributed by atoms with Gasteiger partial charge in [-0.25, -0.2) is 0 Å². The lowest BCUT2D eigenvalue weighted by Crippen LogP contribution is -2.48. The van der Waals surface area contributed by atoms with Gasteiger partial charge in [0.25, 0.3) is 0 Å². The third-order valence-electron chi connectivity index (χ3n) is 11.7. The van der Waals surface area contributed by atoms with Gasteiger partial charge in [-0.2, -0.15) is 0 Å². The fourth-order valence-electron chi connectivity index (χ4n) is 8.46. The van der Waals surface area contributed by atoms with E-state index in [1.807, 2.05) is 5.57 Å². The highest BCUT2D eigenvalue weighted by molar-refractivity contribution is 7.99. The summed E-state index contributed by atoms with van der Waals surface area (Å²) in [7, 11) is -1.73. The monoisotopic (exact) mass is 536 g/mol. The van der Waals surface area contributed by atoms with Crippen LogP contribution in [0.25, 0.3) is 0 Å². The maximum atomic E-state index is 6.93. The van der Waals surface area contributed by atoms with Crippen LogP contribution in [0.3, 0.4) is 0 Å². The van der Waals surface area contributed by atoms with E-state index in [4.69, 9.17) is 4.43 Å². The smallest absolute Gasteiger partial charge is 0.192 e. The van der Waals surface area contributed by atoms with Gasteiger partial charge in [0.1, 0.15) is 0 Å². The van der Waals surface area contributed by atoms with E-state index < -0.39 is 8.32 Å². The molecule has 0 saturated heterocycles. The second-order valence-corrected chi connectivity index (χ2v) is 20.8. The molecule has 2 saturated carbocycles. The SMILES string of the molecule is CC(CSc1ccccc1)[C@H]1CC[C@H]2[C@@H]3CC=C4C[C@@H](O[Si](C)(C)C(C)(C)C)CC[C@]4(C)C3=CC[C@]12C. The third-order valence-corrected chi connectivity index (χ3v) is 17.6. The second kappa shape index (κ2) is 10.0. The zero-order valence-corrected chi connectivity index (χ0v) is 26.7. The summed E-state index contributed by atoms with van der Waals surface area (Å²) in [5.74, 6) is 4.49. The minimum atomic E-state index is -1.73. The lowest BCUT2D eigenvalue weighted by molar-refractivity contribution is 0.0647. The first-order chi connectivity index (χ1) is 17.3. The van der Waals surface area contributed by atoms with Crippen molar-refractivity contribution in [2.75, 3.05) is 5.75 Å². The fourth-order valence-corrected chi connectivity index (χ4v) is 10.9. The number of allylic oxidation sites excluding steroid dienone is 3. The summed E-state index contributed by atoms with van der Waals surface area (Å²) >= 11 is 2.06. The van der Waals surface area contributed by atoms with Crippen LogP contribution in [-0.2, 0) is 4.43 Å². The summed E-state index contributed by atoms with van der Waals surface area (Å²) < 4.78 is 6.93. The lowest BCUT2D eigenvalue weighted by Gasteiger charge is -2.54. The molecule has 2 fully saturated rings. The maximum absolute atomic E-state index is 6.93. The average Bonchev–Trinajstić information content (AvgIpc) is 3.20. The highest BCUT2D eigenvalue weighted by Gasteiger charge is 2.56. The molecule has 0 N–H and O–H groups in total. The van der Waals surface area contributed by atoms with Crippen LogP contribution in [0.15, 0.2) is 58.5 Å². The molecule has 0 radical (unpaired) electrons.